The van der Waals surface area contributed by atoms with Crippen molar-refractivity contribution in [3.63, 3.8) is 0 Å². The standard InChI is InChI=1S/C13H17ClFNO/c1-16-7-5-13(17,6-8-16)9-10-11(14)3-2-4-12(10)15/h2-4,17H,5-9H2,1H3. The molecule has 1 fully saturated rings. The van der Waals surface area contributed by atoms with Gasteiger partial charge in [0.15, 0.2) is 0 Å². The number of rotatable bonds is 2. The molecule has 1 heterocycles. The Bertz CT molecular complexity index is 382. The van der Waals surface area contributed by atoms with Gasteiger partial charge < -0.3 is 10.0 Å². The van der Waals surface area contributed by atoms with Crippen molar-refractivity contribution in [2.75, 3.05) is 20.1 Å². The van der Waals surface area contributed by atoms with Crippen LogP contribution in [0.5, 0.6) is 0 Å². The van der Waals surface area contributed by atoms with Crippen molar-refractivity contribution in [1.82, 2.24) is 4.90 Å². The largest absolute Gasteiger partial charge is 0.389 e. The summed E-state index contributed by atoms with van der Waals surface area (Å²) < 4.78 is 13.6. The summed E-state index contributed by atoms with van der Waals surface area (Å²) in [6, 6.07) is 4.64. The van der Waals surface area contributed by atoms with Gasteiger partial charge in [0, 0.05) is 30.1 Å². The molecule has 0 bridgehead atoms. The third-order valence-electron chi connectivity index (χ3n) is 3.49. The lowest BCUT2D eigenvalue weighted by molar-refractivity contribution is -0.0156. The van der Waals surface area contributed by atoms with Crippen molar-refractivity contribution in [2.45, 2.75) is 24.9 Å². The number of nitrogens with zero attached hydrogens (tertiary/aromatic N) is 1. The molecule has 1 saturated heterocycles. The molecule has 0 aliphatic carbocycles. The van der Waals surface area contributed by atoms with E-state index in [0.717, 1.165) is 13.1 Å². The van der Waals surface area contributed by atoms with Crippen molar-refractivity contribution in [3.05, 3.63) is 34.6 Å². The van der Waals surface area contributed by atoms with Gasteiger partial charge in [-0.3, -0.25) is 0 Å². The number of hydrogen-bond donors (Lipinski definition) is 1. The van der Waals surface area contributed by atoms with E-state index < -0.39 is 5.60 Å². The third kappa shape index (κ3) is 2.97. The molecule has 0 unspecified atom stereocenters. The van der Waals surface area contributed by atoms with E-state index in [1.54, 1.807) is 12.1 Å². The van der Waals surface area contributed by atoms with E-state index in [2.05, 4.69) is 4.90 Å². The average molecular weight is 258 g/mol. The van der Waals surface area contributed by atoms with Crippen molar-refractivity contribution >= 4 is 11.6 Å². The Hall–Kier alpha value is -0.640. The van der Waals surface area contributed by atoms with Gasteiger partial charge in [-0.15, -0.1) is 0 Å². The Morgan fingerprint density at radius 2 is 2.06 bits per heavy atom. The fourth-order valence-corrected chi connectivity index (χ4v) is 2.47. The minimum atomic E-state index is -0.821. The summed E-state index contributed by atoms with van der Waals surface area (Å²) in [5, 5.41) is 10.8. The predicted molar refractivity (Wildman–Crippen MR) is 66.8 cm³/mol. The van der Waals surface area contributed by atoms with E-state index >= 15 is 0 Å². The van der Waals surface area contributed by atoms with Gasteiger partial charge in [-0.1, -0.05) is 17.7 Å². The zero-order chi connectivity index (χ0) is 12.5. The van der Waals surface area contributed by atoms with Crippen LogP contribution in [0.2, 0.25) is 5.02 Å². The van der Waals surface area contributed by atoms with Crippen LogP contribution in [0.15, 0.2) is 18.2 Å². The first-order valence-corrected chi connectivity index (χ1v) is 6.22. The molecular formula is C13H17ClFNO. The smallest absolute Gasteiger partial charge is 0.127 e. The first-order chi connectivity index (χ1) is 8.00. The van der Waals surface area contributed by atoms with E-state index in [1.807, 2.05) is 7.05 Å². The number of aliphatic hydroxyl groups is 1. The average Bonchev–Trinajstić information content (AvgIpc) is 2.29. The summed E-state index contributed by atoms with van der Waals surface area (Å²) in [6.07, 6.45) is 1.62. The maximum absolute atomic E-state index is 13.6. The zero-order valence-electron chi connectivity index (χ0n) is 9.92. The Morgan fingerprint density at radius 3 is 2.65 bits per heavy atom. The summed E-state index contributed by atoms with van der Waals surface area (Å²) in [5.41, 5.74) is -0.389. The van der Waals surface area contributed by atoms with Gasteiger partial charge in [0.2, 0.25) is 0 Å². The summed E-state index contributed by atoms with van der Waals surface area (Å²) in [7, 11) is 2.02. The van der Waals surface area contributed by atoms with E-state index in [0.29, 0.717) is 29.8 Å². The van der Waals surface area contributed by atoms with Gasteiger partial charge in [-0.2, -0.15) is 0 Å². The first kappa shape index (κ1) is 12.8. The van der Waals surface area contributed by atoms with Crippen LogP contribution in [-0.4, -0.2) is 35.7 Å². The molecular weight excluding hydrogens is 241 g/mol. The highest BCUT2D eigenvalue weighted by atomic mass is 35.5. The Balaban J connectivity index is 2.15. The van der Waals surface area contributed by atoms with Crippen LogP contribution in [0.3, 0.4) is 0 Å². The van der Waals surface area contributed by atoms with Crippen LogP contribution in [-0.2, 0) is 6.42 Å². The molecule has 0 radical (unpaired) electrons. The Labute approximate surface area is 106 Å². The molecule has 0 amide bonds. The van der Waals surface area contributed by atoms with Gasteiger partial charge in [0.25, 0.3) is 0 Å². The lowest BCUT2D eigenvalue weighted by atomic mass is 9.85. The fraction of sp³-hybridized carbons (Fsp3) is 0.538. The van der Waals surface area contributed by atoms with Crippen molar-refractivity contribution in [2.24, 2.45) is 0 Å². The predicted octanol–water partition coefficient (Wildman–Crippen LogP) is 2.48. The second kappa shape index (κ2) is 4.92. The number of hydrogen-bond acceptors (Lipinski definition) is 2. The molecule has 0 saturated carbocycles. The molecule has 0 atom stereocenters. The molecule has 1 aliphatic rings. The highest BCUT2D eigenvalue weighted by Gasteiger charge is 2.32. The molecule has 2 rings (SSSR count). The molecule has 4 heteroatoms. The normalized spacial score (nSPS) is 20.5. The van der Waals surface area contributed by atoms with E-state index in [4.69, 9.17) is 11.6 Å². The van der Waals surface area contributed by atoms with Crippen molar-refractivity contribution in [1.29, 1.82) is 0 Å². The van der Waals surface area contributed by atoms with Gasteiger partial charge in [0.1, 0.15) is 5.82 Å². The molecule has 1 aromatic carbocycles. The molecule has 1 aliphatic heterocycles. The van der Waals surface area contributed by atoms with Crippen LogP contribution in [0.4, 0.5) is 4.39 Å². The molecule has 2 nitrogen and oxygen atoms in total. The highest BCUT2D eigenvalue weighted by Crippen LogP contribution is 2.30. The molecule has 0 aromatic heterocycles. The number of halogens is 2. The molecule has 1 N–H and O–H groups in total. The van der Waals surface area contributed by atoms with Crippen molar-refractivity contribution < 1.29 is 9.50 Å². The number of likely N-dealkylation sites (tertiary alicyclic amines) is 1. The van der Waals surface area contributed by atoms with E-state index in [1.165, 1.54) is 6.07 Å². The van der Waals surface area contributed by atoms with Crippen LogP contribution >= 0.6 is 11.6 Å². The summed E-state index contributed by atoms with van der Waals surface area (Å²) in [6.45, 7) is 1.67. The van der Waals surface area contributed by atoms with Gasteiger partial charge in [-0.25, -0.2) is 4.39 Å². The Kier molecular flexibility index (Phi) is 3.71. The van der Waals surface area contributed by atoms with Crippen LogP contribution in [0, 0.1) is 5.82 Å². The SMILES string of the molecule is CN1CCC(O)(Cc2c(F)cccc2Cl)CC1. The fourth-order valence-electron chi connectivity index (χ4n) is 2.24. The number of piperidine rings is 1. The van der Waals surface area contributed by atoms with E-state index in [-0.39, 0.29) is 5.82 Å². The summed E-state index contributed by atoms with van der Waals surface area (Å²) in [5.74, 6) is -0.329. The van der Waals surface area contributed by atoms with Crippen LogP contribution < -0.4 is 0 Å². The summed E-state index contributed by atoms with van der Waals surface area (Å²) >= 11 is 5.98. The molecule has 94 valence electrons. The van der Waals surface area contributed by atoms with Crippen LogP contribution in [0.1, 0.15) is 18.4 Å². The number of benzene rings is 1. The molecule has 0 spiro atoms. The molecule has 17 heavy (non-hydrogen) atoms. The highest BCUT2D eigenvalue weighted by molar-refractivity contribution is 6.31. The summed E-state index contributed by atoms with van der Waals surface area (Å²) in [4.78, 5) is 2.16. The topological polar surface area (TPSA) is 23.5 Å². The maximum atomic E-state index is 13.6. The monoisotopic (exact) mass is 257 g/mol. The third-order valence-corrected chi connectivity index (χ3v) is 3.84. The quantitative estimate of drug-likeness (QED) is 0.880. The van der Waals surface area contributed by atoms with Gasteiger partial charge in [-0.05, 0) is 32.0 Å². The second-order valence-electron chi connectivity index (χ2n) is 4.90. The van der Waals surface area contributed by atoms with Gasteiger partial charge >= 0.3 is 0 Å². The Morgan fingerprint density at radius 1 is 1.41 bits per heavy atom. The molecule has 1 aromatic rings. The van der Waals surface area contributed by atoms with Gasteiger partial charge in [0.05, 0.1) is 5.60 Å². The van der Waals surface area contributed by atoms with E-state index in [9.17, 15) is 9.50 Å². The van der Waals surface area contributed by atoms with Crippen LogP contribution in [0.25, 0.3) is 0 Å². The lowest BCUT2D eigenvalue weighted by Gasteiger charge is -2.36. The van der Waals surface area contributed by atoms with Crippen molar-refractivity contribution in [3.8, 4) is 0 Å². The first-order valence-electron chi connectivity index (χ1n) is 5.84. The minimum Gasteiger partial charge on any atom is -0.389 e. The lowest BCUT2D eigenvalue weighted by Crippen LogP contribution is -2.44. The zero-order valence-corrected chi connectivity index (χ0v) is 10.7. The second-order valence-corrected chi connectivity index (χ2v) is 5.31. The minimum absolute atomic E-state index is 0.298. The maximum Gasteiger partial charge on any atom is 0.127 e.